The highest BCUT2D eigenvalue weighted by Gasteiger charge is 2.19. The normalized spacial score (nSPS) is 11.4. The van der Waals surface area contributed by atoms with Crippen LogP contribution in [0.2, 0.25) is 0 Å². The second kappa shape index (κ2) is 9.01. The summed E-state index contributed by atoms with van der Waals surface area (Å²) in [6, 6.07) is 13.8. The molecule has 0 fully saturated rings. The van der Waals surface area contributed by atoms with Gasteiger partial charge in [0, 0.05) is 25.7 Å². The Morgan fingerprint density at radius 3 is 2.30 bits per heavy atom. The molecule has 0 aliphatic heterocycles. The van der Waals surface area contributed by atoms with Crippen molar-refractivity contribution in [2.45, 2.75) is 31.6 Å². The Bertz CT molecular complexity index is 877. The van der Waals surface area contributed by atoms with Crippen molar-refractivity contribution in [3.05, 3.63) is 54.1 Å². The molecule has 0 unspecified atom stereocenters. The minimum atomic E-state index is -3.66. The predicted molar refractivity (Wildman–Crippen MR) is 107 cm³/mol. The molecule has 0 spiro atoms. The summed E-state index contributed by atoms with van der Waals surface area (Å²) in [5.41, 5.74) is 1.86. The van der Waals surface area contributed by atoms with Crippen molar-refractivity contribution in [2.24, 2.45) is 0 Å². The smallest absolute Gasteiger partial charge is 0.240 e. The van der Waals surface area contributed by atoms with Gasteiger partial charge in [-0.1, -0.05) is 32.0 Å². The number of carbonyl (C=O) groups is 1. The molecule has 27 heavy (non-hydrogen) atoms. The van der Waals surface area contributed by atoms with Crippen molar-refractivity contribution < 1.29 is 17.9 Å². The SMILES string of the molecule is COc1ccc(S(=O)(=O)NCCN(C(C)=O)c2ccccc2C(C)C)cc1. The van der Waals surface area contributed by atoms with Crippen LogP contribution in [0.25, 0.3) is 0 Å². The highest BCUT2D eigenvalue weighted by atomic mass is 32.2. The van der Waals surface area contributed by atoms with Gasteiger partial charge in [-0.2, -0.15) is 0 Å². The largest absolute Gasteiger partial charge is 0.497 e. The van der Waals surface area contributed by atoms with E-state index in [0.29, 0.717) is 5.75 Å². The topological polar surface area (TPSA) is 75.7 Å². The van der Waals surface area contributed by atoms with Crippen LogP contribution in [-0.4, -0.2) is 34.5 Å². The van der Waals surface area contributed by atoms with E-state index in [1.807, 2.05) is 24.3 Å². The van der Waals surface area contributed by atoms with Gasteiger partial charge in [0.15, 0.2) is 0 Å². The van der Waals surface area contributed by atoms with Crippen molar-refractivity contribution in [1.82, 2.24) is 4.72 Å². The number of nitrogens with zero attached hydrogens (tertiary/aromatic N) is 1. The van der Waals surface area contributed by atoms with Crippen LogP contribution in [0.3, 0.4) is 0 Å². The highest BCUT2D eigenvalue weighted by Crippen LogP contribution is 2.27. The van der Waals surface area contributed by atoms with E-state index in [-0.39, 0.29) is 29.8 Å². The van der Waals surface area contributed by atoms with Gasteiger partial charge in [-0.25, -0.2) is 13.1 Å². The van der Waals surface area contributed by atoms with Crippen LogP contribution in [0, 0.1) is 0 Å². The number of benzene rings is 2. The number of carbonyl (C=O) groups excluding carboxylic acids is 1. The van der Waals surface area contributed by atoms with Crippen molar-refractivity contribution in [2.75, 3.05) is 25.1 Å². The molecule has 0 saturated carbocycles. The Balaban J connectivity index is 2.11. The third-order valence-electron chi connectivity index (χ3n) is 4.23. The van der Waals surface area contributed by atoms with Crippen molar-refractivity contribution >= 4 is 21.6 Å². The van der Waals surface area contributed by atoms with Gasteiger partial charge in [0.25, 0.3) is 0 Å². The van der Waals surface area contributed by atoms with Crippen LogP contribution < -0.4 is 14.4 Å². The number of hydrogen-bond acceptors (Lipinski definition) is 4. The number of hydrogen-bond donors (Lipinski definition) is 1. The summed E-state index contributed by atoms with van der Waals surface area (Å²) in [5.74, 6) is 0.702. The van der Waals surface area contributed by atoms with Gasteiger partial charge < -0.3 is 9.64 Å². The van der Waals surface area contributed by atoms with Crippen molar-refractivity contribution in [3.8, 4) is 5.75 Å². The lowest BCUT2D eigenvalue weighted by Crippen LogP contribution is -2.38. The summed E-state index contributed by atoms with van der Waals surface area (Å²) in [5, 5.41) is 0. The number of sulfonamides is 1. The fraction of sp³-hybridized carbons (Fsp3) is 0.350. The molecule has 0 aromatic heterocycles. The molecule has 1 amide bonds. The Labute approximate surface area is 161 Å². The molecular weight excluding hydrogens is 364 g/mol. The molecule has 0 radical (unpaired) electrons. The van der Waals surface area contributed by atoms with Crippen molar-refractivity contribution in [3.63, 3.8) is 0 Å². The monoisotopic (exact) mass is 390 g/mol. The van der Waals surface area contributed by atoms with Crippen LogP contribution in [-0.2, 0) is 14.8 Å². The van der Waals surface area contributed by atoms with Gasteiger partial charge in [-0.3, -0.25) is 4.79 Å². The molecular formula is C20H26N2O4S. The van der Waals surface area contributed by atoms with E-state index in [1.54, 1.807) is 17.0 Å². The second-order valence-corrected chi connectivity index (χ2v) is 8.22. The zero-order chi connectivity index (χ0) is 20.0. The van der Waals surface area contributed by atoms with E-state index in [1.165, 1.54) is 26.2 Å². The molecule has 0 aliphatic carbocycles. The van der Waals surface area contributed by atoms with Gasteiger partial charge in [0.1, 0.15) is 5.75 Å². The predicted octanol–water partition coefficient (Wildman–Crippen LogP) is 3.15. The first kappa shape index (κ1) is 20.9. The third kappa shape index (κ3) is 5.30. The third-order valence-corrected chi connectivity index (χ3v) is 5.70. The maximum atomic E-state index is 12.4. The fourth-order valence-electron chi connectivity index (χ4n) is 2.80. The summed E-state index contributed by atoms with van der Waals surface area (Å²) in [4.78, 5) is 13.9. The van der Waals surface area contributed by atoms with E-state index in [4.69, 9.17) is 4.74 Å². The lowest BCUT2D eigenvalue weighted by atomic mass is 10.0. The highest BCUT2D eigenvalue weighted by molar-refractivity contribution is 7.89. The van der Waals surface area contributed by atoms with Crippen molar-refractivity contribution in [1.29, 1.82) is 0 Å². The Hall–Kier alpha value is -2.38. The second-order valence-electron chi connectivity index (χ2n) is 6.46. The van der Waals surface area contributed by atoms with Gasteiger partial charge in [-0.05, 0) is 41.8 Å². The number of rotatable bonds is 8. The number of para-hydroxylation sites is 1. The first-order valence-electron chi connectivity index (χ1n) is 8.77. The quantitative estimate of drug-likeness (QED) is 0.751. The lowest BCUT2D eigenvalue weighted by Gasteiger charge is -2.25. The maximum absolute atomic E-state index is 12.4. The van der Waals surface area contributed by atoms with E-state index in [9.17, 15) is 13.2 Å². The molecule has 0 aliphatic rings. The number of anilines is 1. The summed E-state index contributed by atoms with van der Waals surface area (Å²) >= 11 is 0. The zero-order valence-corrected chi connectivity index (χ0v) is 16.9. The number of ether oxygens (including phenoxy) is 1. The first-order valence-corrected chi connectivity index (χ1v) is 10.3. The maximum Gasteiger partial charge on any atom is 0.240 e. The molecule has 2 aromatic carbocycles. The molecule has 6 nitrogen and oxygen atoms in total. The van der Waals surface area contributed by atoms with Gasteiger partial charge >= 0.3 is 0 Å². The minimum absolute atomic E-state index is 0.111. The van der Waals surface area contributed by atoms with E-state index >= 15 is 0 Å². The molecule has 7 heteroatoms. The summed E-state index contributed by atoms with van der Waals surface area (Å²) in [6.07, 6.45) is 0. The summed E-state index contributed by atoms with van der Waals surface area (Å²) < 4.78 is 32.5. The molecule has 0 saturated heterocycles. The molecule has 1 N–H and O–H groups in total. The van der Waals surface area contributed by atoms with Crippen LogP contribution in [0.5, 0.6) is 5.75 Å². The van der Waals surface area contributed by atoms with E-state index in [2.05, 4.69) is 18.6 Å². The van der Waals surface area contributed by atoms with Crippen LogP contribution in [0.4, 0.5) is 5.69 Å². The van der Waals surface area contributed by atoms with Crippen LogP contribution >= 0.6 is 0 Å². The summed E-state index contributed by atoms with van der Waals surface area (Å²) in [7, 11) is -2.14. The van der Waals surface area contributed by atoms with Gasteiger partial charge in [0.05, 0.1) is 12.0 Å². The zero-order valence-electron chi connectivity index (χ0n) is 16.1. The van der Waals surface area contributed by atoms with Crippen LogP contribution in [0.1, 0.15) is 32.3 Å². The average Bonchev–Trinajstić information content (AvgIpc) is 2.65. The van der Waals surface area contributed by atoms with Gasteiger partial charge in [0.2, 0.25) is 15.9 Å². The van der Waals surface area contributed by atoms with Gasteiger partial charge in [-0.15, -0.1) is 0 Å². The average molecular weight is 391 g/mol. The molecule has 2 rings (SSSR count). The molecule has 0 atom stereocenters. The molecule has 0 heterocycles. The lowest BCUT2D eigenvalue weighted by molar-refractivity contribution is -0.116. The number of methoxy groups -OCH3 is 1. The van der Waals surface area contributed by atoms with Crippen LogP contribution in [0.15, 0.2) is 53.4 Å². The number of amides is 1. The van der Waals surface area contributed by atoms with E-state index in [0.717, 1.165) is 11.3 Å². The summed E-state index contributed by atoms with van der Waals surface area (Å²) in [6.45, 7) is 5.96. The molecule has 0 bridgehead atoms. The molecule has 2 aromatic rings. The minimum Gasteiger partial charge on any atom is -0.497 e. The Morgan fingerprint density at radius 1 is 1.11 bits per heavy atom. The Morgan fingerprint density at radius 2 is 1.74 bits per heavy atom. The fourth-order valence-corrected chi connectivity index (χ4v) is 3.82. The first-order chi connectivity index (χ1) is 12.8. The van der Waals surface area contributed by atoms with E-state index < -0.39 is 10.0 Å². The standard InChI is InChI=1S/C20H26N2O4S/c1-15(2)19-7-5-6-8-20(19)22(16(3)23)14-13-21-27(24,25)18-11-9-17(26-4)10-12-18/h5-12,15,21H,13-14H2,1-4H3. The number of nitrogens with one attached hydrogen (secondary N) is 1. The Kier molecular flexibility index (Phi) is 6.98. The molecule has 146 valence electrons.